The molecule has 17 heteroatoms. The summed E-state index contributed by atoms with van der Waals surface area (Å²) in [6.45, 7) is 23.2. The van der Waals surface area contributed by atoms with Crippen LogP contribution in [0.3, 0.4) is 0 Å². The Morgan fingerprint density at radius 1 is 0.627 bits per heavy atom. The molecule has 0 aliphatic carbocycles. The molecule has 0 aliphatic rings. The van der Waals surface area contributed by atoms with Gasteiger partial charge in [-0.1, -0.05) is 69.2 Å². The molecule has 0 aromatic carbocycles. The van der Waals surface area contributed by atoms with Gasteiger partial charge in [-0.3, -0.25) is 28.5 Å². The molecule has 5 atom stereocenters. The maximum Gasteiger partial charge on any atom is 0.267 e. The summed E-state index contributed by atoms with van der Waals surface area (Å²) in [7, 11) is -4.07. The average Bonchev–Trinajstić information content (AvgIpc) is 3.07. The first-order chi connectivity index (χ1) is 23.4. The summed E-state index contributed by atoms with van der Waals surface area (Å²) in [5, 5.41) is 26.8. The van der Waals surface area contributed by atoms with Gasteiger partial charge in [-0.2, -0.15) is 8.42 Å². The van der Waals surface area contributed by atoms with Crippen molar-refractivity contribution in [3.63, 3.8) is 0 Å². The lowest BCUT2D eigenvalue weighted by molar-refractivity contribution is -0.126. The van der Waals surface area contributed by atoms with Crippen LogP contribution < -0.4 is 32.7 Å². The molecule has 0 aromatic heterocycles. The fraction of sp³-hybridized carbons (Fsp3) is 0.853. The minimum Gasteiger partial charge on any atom is -0.395 e. The predicted octanol–water partition coefficient (Wildman–Crippen LogP) is 1.68. The Morgan fingerprint density at radius 2 is 0.961 bits per heavy atom. The summed E-state index contributed by atoms with van der Waals surface area (Å²) in [5.41, 5.74) is 9.16. The second kappa shape index (κ2) is 34.2. The number of aliphatic hydroxyl groups excluding tert-OH is 2. The lowest BCUT2D eigenvalue weighted by atomic mass is 10.0. The monoisotopic (exact) mass is 759 g/mol. The van der Waals surface area contributed by atoms with Gasteiger partial charge in [0.15, 0.2) is 0 Å². The van der Waals surface area contributed by atoms with Crippen molar-refractivity contribution in [1.82, 2.24) is 21.3 Å². The van der Waals surface area contributed by atoms with Crippen molar-refractivity contribution in [2.75, 3.05) is 38.7 Å². The molecule has 0 spiro atoms. The first-order valence-corrected chi connectivity index (χ1v) is 19.3. The number of nitrogens with one attached hydrogen (secondary N) is 4. The van der Waals surface area contributed by atoms with E-state index in [1.54, 1.807) is 20.8 Å². The third-order valence-corrected chi connectivity index (χ3v) is 8.54. The maximum absolute atomic E-state index is 11.5. The molecular formula is C34H74N6O10S. The van der Waals surface area contributed by atoms with Crippen LogP contribution >= 0.6 is 0 Å². The molecule has 5 unspecified atom stereocenters. The van der Waals surface area contributed by atoms with Crippen LogP contribution in [0.4, 0.5) is 0 Å². The van der Waals surface area contributed by atoms with E-state index < -0.39 is 21.4 Å². The van der Waals surface area contributed by atoms with Gasteiger partial charge < -0.3 is 42.9 Å². The van der Waals surface area contributed by atoms with Gasteiger partial charge in [-0.15, -0.1) is 0 Å². The quantitative estimate of drug-likeness (QED) is 0.0716. The molecule has 0 saturated heterocycles. The smallest absolute Gasteiger partial charge is 0.267 e. The fourth-order valence-corrected chi connectivity index (χ4v) is 3.85. The van der Waals surface area contributed by atoms with E-state index in [-0.39, 0.29) is 72.5 Å². The Morgan fingerprint density at radius 3 is 1.22 bits per heavy atom. The van der Waals surface area contributed by atoms with Crippen LogP contribution in [0.2, 0.25) is 0 Å². The van der Waals surface area contributed by atoms with E-state index >= 15 is 0 Å². The van der Waals surface area contributed by atoms with Gasteiger partial charge in [0, 0.05) is 49.2 Å². The predicted molar refractivity (Wildman–Crippen MR) is 202 cm³/mol. The standard InChI is InChI=1S/C9H19NO4S.C7H16N2O.C7H15NO2.C6H13NO2.C5H11NO/c1-5-7(2)8(11)10-9(3,4)6-15(12,13)14;1-3-6(2)7(10)9-5-4-8;1-3-6(2)7(10)8-4-5-9;1-3-5(2)6(9)7-4-8;1-3-4(2)5(6)7/h7H,5-6H2,1-4H3,(H,10,11)(H,12,13,14);6H,3-5,8H2,1-2H3,(H,9,10);6,9H,3-5H2,1-2H3,(H,8,10);5,8H,3-4H2,1-2H3,(H,7,9);4H,3H2,1-2H3,(H2,6,7). The molecule has 5 amide bonds. The summed E-state index contributed by atoms with van der Waals surface area (Å²) in [6.07, 6.45) is 4.07. The molecule has 0 bridgehead atoms. The highest BCUT2D eigenvalue weighted by Gasteiger charge is 2.27. The van der Waals surface area contributed by atoms with Crippen molar-refractivity contribution in [3.8, 4) is 0 Å². The molecule has 0 aliphatic heterocycles. The first-order valence-electron chi connectivity index (χ1n) is 17.7. The Labute approximate surface area is 308 Å². The molecule has 0 rings (SSSR count). The maximum atomic E-state index is 11.5. The van der Waals surface area contributed by atoms with E-state index in [1.807, 2.05) is 62.3 Å². The summed E-state index contributed by atoms with van der Waals surface area (Å²) < 4.78 is 30.0. The van der Waals surface area contributed by atoms with Crippen molar-refractivity contribution in [3.05, 3.63) is 0 Å². The summed E-state index contributed by atoms with van der Waals surface area (Å²) in [5.74, 6) is -0.776. The van der Waals surface area contributed by atoms with Crippen molar-refractivity contribution in [2.45, 2.75) is 121 Å². The Balaban J connectivity index is -0.000000177. The zero-order valence-corrected chi connectivity index (χ0v) is 34.2. The molecule has 0 fully saturated rings. The Hall–Kier alpha value is -2.86. The van der Waals surface area contributed by atoms with Crippen LogP contribution in [0.1, 0.15) is 115 Å². The highest BCUT2D eigenvalue weighted by Crippen LogP contribution is 2.09. The number of carbonyl (C=O) groups is 5. The minimum absolute atomic E-state index is 0.0112. The molecule has 0 radical (unpaired) electrons. The number of hydrogen-bond donors (Lipinski definition) is 9. The van der Waals surface area contributed by atoms with Crippen LogP contribution in [0.25, 0.3) is 0 Å². The van der Waals surface area contributed by atoms with Gasteiger partial charge in [0.25, 0.3) is 10.1 Å². The Bertz CT molecular complexity index is 1020. The van der Waals surface area contributed by atoms with Crippen molar-refractivity contribution in [1.29, 1.82) is 0 Å². The molecule has 51 heavy (non-hydrogen) atoms. The van der Waals surface area contributed by atoms with E-state index in [0.717, 1.165) is 25.7 Å². The fourth-order valence-electron chi connectivity index (χ4n) is 2.87. The Kier molecular flexibility index (Phi) is 38.6. The van der Waals surface area contributed by atoms with Crippen molar-refractivity contribution in [2.24, 2.45) is 41.1 Å². The number of primary amides is 1. The number of amides is 5. The molecule has 306 valence electrons. The van der Waals surface area contributed by atoms with E-state index in [9.17, 15) is 32.4 Å². The van der Waals surface area contributed by atoms with E-state index in [0.29, 0.717) is 26.1 Å². The van der Waals surface area contributed by atoms with Gasteiger partial charge >= 0.3 is 0 Å². The minimum atomic E-state index is -4.07. The van der Waals surface area contributed by atoms with E-state index in [4.69, 9.17) is 26.2 Å². The highest BCUT2D eigenvalue weighted by molar-refractivity contribution is 7.85. The van der Waals surface area contributed by atoms with Gasteiger partial charge in [0.2, 0.25) is 29.5 Å². The number of hydrogen-bond acceptors (Lipinski definition) is 10. The van der Waals surface area contributed by atoms with Crippen LogP contribution in [0, 0.1) is 29.6 Å². The number of nitrogens with two attached hydrogens (primary N) is 2. The first kappa shape index (κ1) is 57.5. The normalized spacial score (nSPS) is 13.4. The second-order valence-corrected chi connectivity index (χ2v) is 14.3. The zero-order chi connectivity index (χ0) is 41.4. The lowest BCUT2D eigenvalue weighted by Crippen LogP contribution is -2.49. The van der Waals surface area contributed by atoms with Gasteiger partial charge in [-0.05, 0) is 46.0 Å². The highest BCUT2D eigenvalue weighted by atomic mass is 32.2. The molecule has 16 nitrogen and oxygen atoms in total. The van der Waals surface area contributed by atoms with E-state index in [2.05, 4.69) is 21.3 Å². The van der Waals surface area contributed by atoms with Crippen molar-refractivity contribution < 1.29 is 47.2 Å². The number of rotatable bonds is 18. The second-order valence-electron chi connectivity index (χ2n) is 12.8. The van der Waals surface area contributed by atoms with Crippen LogP contribution in [0.15, 0.2) is 0 Å². The van der Waals surface area contributed by atoms with Crippen LogP contribution in [-0.4, -0.2) is 97.0 Å². The summed E-state index contributed by atoms with van der Waals surface area (Å²) in [4.78, 5) is 54.2. The van der Waals surface area contributed by atoms with Gasteiger partial charge in [0.05, 0.1) is 17.9 Å². The molecule has 0 heterocycles. The van der Waals surface area contributed by atoms with Gasteiger partial charge in [-0.25, -0.2) is 0 Å². The topological polar surface area (TPSA) is 280 Å². The molecule has 11 N–H and O–H groups in total. The molecule has 0 aromatic rings. The third kappa shape index (κ3) is 39.8. The van der Waals surface area contributed by atoms with Gasteiger partial charge in [0.1, 0.15) is 6.73 Å². The van der Waals surface area contributed by atoms with Crippen molar-refractivity contribution >= 4 is 39.7 Å². The third-order valence-electron chi connectivity index (χ3n) is 7.45. The number of carbonyl (C=O) groups excluding carboxylic acids is 5. The lowest BCUT2D eigenvalue weighted by Gasteiger charge is -2.26. The molecular weight excluding hydrogens is 684 g/mol. The summed E-state index contributed by atoms with van der Waals surface area (Å²) in [6, 6.07) is 0. The summed E-state index contributed by atoms with van der Waals surface area (Å²) >= 11 is 0. The number of aliphatic hydroxyl groups is 2. The van der Waals surface area contributed by atoms with Crippen LogP contribution in [-0.2, 0) is 34.1 Å². The van der Waals surface area contributed by atoms with E-state index in [1.165, 1.54) is 0 Å². The van der Waals surface area contributed by atoms with Crippen LogP contribution in [0.5, 0.6) is 0 Å². The largest absolute Gasteiger partial charge is 0.395 e. The zero-order valence-electron chi connectivity index (χ0n) is 33.4. The molecule has 0 saturated carbocycles. The SMILES string of the molecule is CCC(C)C(=O)NC(C)(C)CS(=O)(=O)O.CCC(C)C(=O)NCCN.CCC(C)C(=O)NCCO.CCC(C)C(=O)NCO.CCC(C)C(N)=O. The average molecular weight is 759 g/mol.